The van der Waals surface area contributed by atoms with E-state index in [0.29, 0.717) is 0 Å². The number of aromatic nitrogens is 5. The Bertz CT molecular complexity index is 1610. The van der Waals surface area contributed by atoms with Gasteiger partial charge in [-0.1, -0.05) is 38.0 Å². The molecule has 0 saturated heterocycles. The summed E-state index contributed by atoms with van der Waals surface area (Å²) in [5, 5.41) is 12.3. The Hall–Kier alpha value is -4.23. The number of furan rings is 1. The summed E-state index contributed by atoms with van der Waals surface area (Å²) in [6.45, 7) is 4.08. The number of pyridine rings is 1. The molecule has 0 spiro atoms. The lowest BCUT2D eigenvalue weighted by molar-refractivity contribution is 0.568. The molecule has 4 aromatic heterocycles. The summed E-state index contributed by atoms with van der Waals surface area (Å²) in [5.41, 5.74) is 9.00. The molecule has 180 valence electrons. The fourth-order valence-corrected chi connectivity index (χ4v) is 4.64. The molecule has 0 aliphatic rings. The third-order valence-electron chi connectivity index (χ3n) is 6.55. The van der Waals surface area contributed by atoms with E-state index in [4.69, 9.17) is 9.40 Å². The predicted octanol–water partition coefficient (Wildman–Crippen LogP) is 6.71. The van der Waals surface area contributed by atoms with Crippen LogP contribution in [0.4, 0.5) is 0 Å². The molecule has 6 aromatic rings. The average molecular weight is 477 g/mol. The molecule has 0 bridgehead atoms. The van der Waals surface area contributed by atoms with E-state index in [2.05, 4.69) is 62.7 Å². The molecule has 0 aliphatic heterocycles. The molecule has 7 heteroatoms. The molecular weight excluding hydrogens is 448 g/mol. The number of H-pyrrole nitrogens is 2. The molecule has 0 amide bonds. The molecule has 0 aliphatic carbocycles. The minimum atomic E-state index is 0.729. The number of rotatable bonds is 9. The van der Waals surface area contributed by atoms with E-state index in [1.165, 1.54) is 24.8 Å². The minimum Gasteiger partial charge on any atom is -0.472 e. The fraction of sp³-hybridized carbons (Fsp3) is 0.207. The number of para-hydroxylation sites is 1. The number of aromatic amines is 2. The molecule has 36 heavy (non-hydrogen) atoms. The van der Waals surface area contributed by atoms with Crippen LogP contribution in [0.2, 0.25) is 0 Å². The van der Waals surface area contributed by atoms with Gasteiger partial charge in [-0.2, -0.15) is 5.10 Å². The van der Waals surface area contributed by atoms with Gasteiger partial charge >= 0.3 is 0 Å². The normalized spacial score (nSPS) is 11.6. The summed E-state index contributed by atoms with van der Waals surface area (Å²) in [6, 6.07) is 16.6. The van der Waals surface area contributed by atoms with Crippen molar-refractivity contribution in [2.45, 2.75) is 32.7 Å². The van der Waals surface area contributed by atoms with Crippen LogP contribution in [0.5, 0.6) is 0 Å². The first-order chi connectivity index (χ1) is 17.8. The number of hydrogen-bond acceptors (Lipinski definition) is 5. The number of hydrogen-bond donors (Lipinski definition) is 3. The molecule has 0 unspecified atom stereocenters. The Morgan fingerprint density at radius 3 is 2.81 bits per heavy atom. The van der Waals surface area contributed by atoms with Crippen molar-refractivity contribution in [2.24, 2.45) is 0 Å². The second-order valence-electron chi connectivity index (χ2n) is 9.10. The van der Waals surface area contributed by atoms with Crippen LogP contribution in [0.3, 0.4) is 0 Å². The predicted molar refractivity (Wildman–Crippen MR) is 143 cm³/mol. The van der Waals surface area contributed by atoms with Gasteiger partial charge in [0.1, 0.15) is 5.69 Å². The largest absolute Gasteiger partial charge is 0.472 e. The van der Waals surface area contributed by atoms with Gasteiger partial charge in [-0.25, -0.2) is 4.98 Å². The van der Waals surface area contributed by atoms with Gasteiger partial charge in [0.05, 0.1) is 29.1 Å². The Morgan fingerprint density at radius 2 is 1.92 bits per heavy atom. The van der Waals surface area contributed by atoms with E-state index in [9.17, 15) is 0 Å². The summed E-state index contributed by atoms with van der Waals surface area (Å²) in [7, 11) is 0. The number of unbranched alkanes of at least 4 members (excludes halogenated alkanes) is 2. The van der Waals surface area contributed by atoms with Gasteiger partial charge in [0.2, 0.25) is 0 Å². The molecule has 0 saturated carbocycles. The van der Waals surface area contributed by atoms with Crippen molar-refractivity contribution in [3.63, 3.8) is 0 Å². The number of nitrogens with one attached hydrogen (secondary N) is 3. The van der Waals surface area contributed by atoms with Gasteiger partial charge in [0.25, 0.3) is 0 Å². The lowest BCUT2D eigenvalue weighted by Gasteiger charge is -2.07. The van der Waals surface area contributed by atoms with Crippen LogP contribution in [0.15, 0.2) is 77.9 Å². The molecule has 3 N–H and O–H groups in total. The zero-order valence-electron chi connectivity index (χ0n) is 20.2. The van der Waals surface area contributed by atoms with Crippen LogP contribution in [-0.2, 0) is 6.54 Å². The average Bonchev–Trinajstić information content (AvgIpc) is 3.67. The molecular formula is C29H28N6O. The lowest BCUT2D eigenvalue weighted by atomic mass is 10.0. The van der Waals surface area contributed by atoms with E-state index in [-0.39, 0.29) is 0 Å². The molecule has 0 fully saturated rings. The highest BCUT2D eigenvalue weighted by molar-refractivity contribution is 5.98. The van der Waals surface area contributed by atoms with Gasteiger partial charge in [-0.15, -0.1) is 0 Å². The van der Waals surface area contributed by atoms with Crippen LogP contribution in [0.25, 0.3) is 55.7 Å². The van der Waals surface area contributed by atoms with Crippen molar-refractivity contribution in [3.05, 3.63) is 79.0 Å². The Kier molecular flexibility index (Phi) is 6.05. The van der Waals surface area contributed by atoms with Gasteiger partial charge in [-0.05, 0) is 54.4 Å². The molecule has 2 aromatic carbocycles. The maximum Gasteiger partial charge on any atom is 0.159 e. The second kappa shape index (κ2) is 9.79. The minimum absolute atomic E-state index is 0.729. The van der Waals surface area contributed by atoms with Crippen LogP contribution in [-0.4, -0.2) is 31.7 Å². The first kappa shape index (κ1) is 22.2. The topological polar surface area (TPSA) is 95.4 Å². The van der Waals surface area contributed by atoms with E-state index in [1.807, 2.05) is 30.6 Å². The summed E-state index contributed by atoms with van der Waals surface area (Å²) < 4.78 is 5.29. The highest BCUT2D eigenvalue weighted by atomic mass is 16.3. The van der Waals surface area contributed by atoms with Crippen LogP contribution in [0.1, 0.15) is 31.7 Å². The van der Waals surface area contributed by atoms with E-state index < -0.39 is 0 Å². The molecule has 7 nitrogen and oxygen atoms in total. The Morgan fingerprint density at radius 1 is 0.944 bits per heavy atom. The number of benzene rings is 2. The van der Waals surface area contributed by atoms with E-state index in [1.54, 1.807) is 12.5 Å². The van der Waals surface area contributed by atoms with Crippen molar-refractivity contribution in [2.75, 3.05) is 6.54 Å². The van der Waals surface area contributed by atoms with Crippen molar-refractivity contribution in [1.82, 2.24) is 30.5 Å². The maximum atomic E-state index is 5.29. The fourth-order valence-electron chi connectivity index (χ4n) is 4.64. The quantitative estimate of drug-likeness (QED) is 0.202. The monoisotopic (exact) mass is 476 g/mol. The first-order valence-corrected chi connectivity index (χ1v) is 12.4. The standard InChI is InChI=1S/C29H28N6O/c1-2-3-4-11-30-15-19-13-22(17-31-16-19)20-8-9-25-24(14-20)28(35-34-25)29-32-26-7-5-6-23(27(26)33-29)21-10-12-36-18-21/h5-10,12-14,16-18,30H,2-4,11,15H2,1H3,(H,32,33)(H,34,35). The maximum absolute atomic E-state index is 5.29. The van der Waals surface area contributed by atoms with Crippen molar-refractivity contribution in [1.29, 1.82) is 0 Å². The van der Waals surface area contributed by atoms with Crippen LogP contribution in [0, 0.1) is 0 Å². The highest BCUT2D eigenvalue weighted by Crippen LogP contribution is 2.33. The van der Waals surface area contributed by atoms with Crippen LogP contribution < -0.4 is 5.32 Å². The summed E-state index contributed by atoms with van der Waals surface area (Å²) in [5.74, 6) is 0.729. The smallest absolute Gasteiger partial charge is 0.159 e. The summed E-state index contributed by atoms with van der Waals surface area (Å²) in [4.78, 5) is 12.9. The first-order valence-electron chi connectivity index (χ1n) is 12.4. The number of nitrogens with zero attached hydrogens (tertiary/aromatic N) is 3. The summed E-state index contributed by atoms with van der Waals surface area (Å²) >= 11 is 0. The Labute approximate surface area is 209 Å². The van der Waals surface area contributed by atoms with Crippen molar-refractivity contribution < 1.29 is 4.42 Å². The Balaban J connectivity index is 1.33. The van der Waals surface area contributed by atoms with E-state index >= 15 is 0 Å². The van der Waals surface area contributed by atoms with Crippen molar-refractivity contribution >= 4 is 21.9 Å². The third kappa shape index (κ3) is 4.29. The molecule has 6 rings (SSSR count). The van der Waals surface area contributed by atoms with Crippen LogP contribution >= 0.6 is 0 Å². The SMILES string of the molecule is CCCCCNCc1cncc(-c2ccc3[nH]nc(-c4nc5c(-c6ccoc6)cccc5[nH]4)c3c2)c1. The van der Waals surface area contributed by atoms with E-state index in [0.717, 1.165) is 68.8 Å². The third-order valence-corrected chi connectivity index (χ3v) is 6.55. The number of imidazole rings is 1. The number of fused-ring (bicyclic) bond motifs is 2. The zero-order valence-corrected chi connectivity index (χ0v) is 20.2. The summed E-state index contributed by atoms with van der Waals surface area (Å²) in [6.07, 6.45) is 11.0. The van der Waals surface area contributed by atoms with Crippen molar-refractivity contribution in [3.8, 4) is 33.8 Å². The zero-order chi connectivity index (χ0) is 24.3. The highest BCUT2D eigenvalue weighted by Gasteiger charge is 2.16. The molecule has 0 atom stereocenters. The lowest BCUT2D eigenvalue weighted by Crippen LogP contribution is -2.14. The van der Waals surface area contributed by atoms with Gasteiger partial charge in [-0.3, -0.25) is 10.1 Å². The van der Waals surface area contributed by atoms with Gasteiger partial charge < -0.3 is 14.7 Å². The second-order valence-corrected chi connectivity index (χ2v) is 9.10. The molecule has 4 heterocycles. The van der Waals surface area contributed by atoms with Gasteiger partial charge in [0.15, 0.2) is 5.82 Å². The molecule has 0 radical (unpaired) electrons. The van der Waals surface area contributed by atoms with Gasteiger partial charge in [0, 0.05) is 41.0 Å².